The number of carbonyl (C=O) groups excluding carboxylic acids is 2. The predicted molar refractivity (Wildman–Crippen MR) is 80.8 cm³/mol. The number of imidazole rings is 1. The minimum Gasteiger partial charge on any atom is -0.355 e. The summed E-state index contributed by atoms with van der Waals surface area (Å²) in [5.41, 5.74) is 1.78. The molecular formula is C15H20N4O2. The molecule has 0 fully saturated rings. The fraction of sp³-hybridized carbons (Fsp3) is 0.400. The number of nitrogens with zero attached hydrogens (tertiary/aromatic N) is 2. The number of hydrogen-bond acceptors (Lipinski definition) is 3. The van der Waals surface area contributed by atoms with Crippen LogP contribution in [-0.2, 0) is 16.1 Å². The summed E-state index contributed by atoms with van der Waals surface area (Å²) in [5, 5.41) is 5.34. The molecule has 1 heterocycles. The van der Waals surface area contributed by atoms with Crippen molar-refractivity contribution < 1.29 is 9.59 Å². The number of rotatable bonds is 6. The van der Waals surface area contributed by atoms with Gasteiger partial charge in [-0.3, -0.25) is 9.59 Å². The summed E-state index contributed by atoms with van der Waals surface area (Å²) < 4.78 is 1.84. The molecule has 0 spiro atoms. The van der Waals surface area contributed by atoms with Crippen molar-refractivity contribution >= 4 is 22.8 Å². The van der Waals surface area contributed by atoms with Gasteiger partial charge in [0.15, 0.2) is 0 Å². The molecule has 0 aliphatic rings. The van der Waals surface area contributed by atoms with E-state index >= 15 is 0 Å². The number of hydrogen-bond donors (Lipinski definition) is 2. The first-order valence-corrected chi connectivity index (χ1v) is 7.07. The van der Waals surface area contributed by atoms with Crippen LogP contribution in [-0.4, -0.2) is 34.5 Å². The van der Waals surface area contributed by atoms with E-state index in [1.165, 1.54) is 0 Å². The fourth-order valence-corrected chi connectivity index (χ4v) is 2.10. The third kappa shape index (κ3) is 3.81. The highest BCUT2D eigenvalue weighted by molar-refractivity contribution is 5.85. The van der Waals surface area contributed by atoms with E-state index in [-0.39, 0.29) is 24.9 Å². The molecule has 0 aliphatic heterocycles. The molecule has 2 aromatic rings. The average molecular weight is 288 g/mol. The number of nitrogens with one attached hydrogen (secondary N) is 2. The highest BCUT2D eigenvalue weighted by Gasteiger charge is 2.11. The average Bonchev–Trinajstić information content (AvgIpc) is 2.79. The maximum Gasteiger partial charge on any atom is 0.240 e. The Hall–Kier alpha value is -2.37. The molecule has 112 valence electrons. The summed E-state index contributed by atoms with van der Waals surface area (Å²) in [4.78, 5) is 27.8. The van der Waals surface area contributed by atoms with Gasteiger partial charge in [0.05, 0.1) is 17.6 Å². The lowest BCUT2D eigenvalue weighted by Crippen LogP contribution is -2.38. The molecule has 2 rings (SSSR count). The maximum atomic E-state index is 11.9. The highest BCUT2D eigenvalue weighted by atomic mass is 16.2. The SMILES string of the molecule is CCCNC(=O)CNC(=O)Cn1c(C)nc2ccccc21. The van der Waals surface area contributed by atoms with Crippen molar-refractivity contribution in [2.24, 2.45) is 0 Å². The highest BCUT2D eigenvalue weighted by Crippen LogP contribution is 2.14. The van der Waals surface area contributed by atoms with E-state index in [1.807, 2.05) is 42.7 Å². The van der Waals surface area contributed by atoms with Gasteiger partial charge in [0, 0.05) is 6.54 Å². The van der Waals surface area contributed by atoms with Gasteiger partial charge < -0.3 is 15.2 Å². The van der Waals surface area contributed by atoms with E-state index in [4.69, 9.17) is 0 Å². The van der Waals surface area contributed by atoms with E-state index in [0.717, 1.165) is 23.3 Å². The van der Waals surface area contributed by atoms with Crippen LogP contribution < -0.4 is 10.6 Å². The Balaban J connectivity index is 1.95. The molecule has 1 aromatic carbocycles. The Morgan fingerprint density at radius 2 is 1.95 bits per heavy atom. The van der Waals surface area contributed by atoms with E-state index in [0.29, 0.717) is 6.54 Å². The first-order chi connectivity index (χ1) is 10.1. The number of aryl methyl sites for hydroxylation is 1. The van der Waals surface area contributed by atoms with E-state index < -0.39 is 0 Å². The van der Waals surface area contributed by atoms with Gasteiger partial charge in [-0.15, -0.1) is 0 Å². The minimum absolute atomic E-state index is 0.00447. The number of fused-ring (bicyclic) bond motifs is 1. The molecule has 2 amide bonds. The van der Waals surface area contributed by atoms with Crippen molar-refractivity contribution in [3.05, 3.63) is 30.1 Å². The van der Waals surface area contributed by atoms with Crippen LogP contribution in [0.2, 0.25) is 0 Å². The number of carbonyl (C=O) groups is 2. The lowest BCUT2D eigenvalue weighted by Gasteiger charge is -2.08. The number of benzene rings is 1. The number of amides is 2. The molecule has 6 nitrogen and oxygen atoms in total. The molecular weight excluding hydrogens is 268 g/mol. The number of aromatic nitrogens is 2. The van der Waals surface area contributed by atoms with Crippen molar-refractivity contribution in [2.45, 2.75) is 26.8 Å². The topological polar surface area (TPSA) is 76.0 Å². The van der Waals surface area contributed by atoms with Gasteiger partial charge in [0.1, 0.15) is 12.4 Å². The van der Waals surface area contributed by atoms with Gasteiger partial charge in [0.2, 0.25) is 11.8 Å². The summed E-state index contributed by atoms with van der Waals surface area (Å²) in [7, 11) is 0. The molecule has 0 radical (unpaired) electrons. The Kier molecular flexibility index (Phi) is 4.92. The number of para-hydroxylation sites is 2. The van der Waals surface area contributed by atoms with Gasteiger partial charge >= 0.3 is 0 Å². The molecule has 0 saturated heterocycles. The smallest absolute Gasteiger partial charge is 0.240 e. The van der Waals surface area contributed by atoms with Crippen molar-refractivity contribution in [2.75, 3.05) is 13.1 Å². The second-order valence-electron chi connectivity index (χ2n) is 4.86. The van der Waals surface area contributed by atoms with Gasteiger partial charge in [-0.25, -0.2) is 4.98 Å². The van der Waals surface area contributed by atoms with Gasteiger partial charge in [-0.1, -0.05) is 19.1 Å². The summed E-state index contributed by atoms with van der Waals surface area (Å²) in [5.74, 6) is 0.409. The normalized spacial score (nSPS) is 10.6. The molecule has 21 heavy (non-hydrogen) atoms. The monoisotopic (exact) mass is 288 g/mol. The summed E-state index contributed by atoms with van der Waals surface area (Å²) in [6.45, 7) is 4.63. The zero-order valence-corrected chi connectivity index (χ0v) is 12.3. The predicted octanol–water partition coefficient (Wildman–Crippen LogP) is 0.987. The second kappa shape index (κ2) is 6.88. The summed E-state index contributed by atoms with van der Waals surface area (Å²) in [6.07, 6.45) is 0.875. The molecule has 0 saturated carbocycles. The summed E-state index contributed by atoms with van der Waals surface area (Å²) in [6, 6.07) is 7.67. The molecule has 0 unspecified atom stereocenters. The zero-order chi connectivity index (χ0) is 15.2. The quantitative estimate of drug-likeness (QED) is 0.832. The zero-order valence-electron chi connectivity index (χ0n) is 12.3. The molecule has 0 atom stereocenters. The molecule has 1 aromatic heterocycles. The summed E-state index contributed by atoms with van der Waals surface area (Å²) >= 11 is 0. The minimum atomic E-state index is -0.201. The van der Waals surface area contributed by atoms with Gasteiger partial charge in [-0.05, 0) is 25.5 Å². The van der Waals surface area contributed by atoms with Crippen LogP contribution in [0.1, 0.15) is 19.2 Å². The van der Waals surface area contributed by atoms with Crippen LogP contribution in [0.4, 0.5) is 0 Å². The molecule has 6 heteroatoms. The lowest BCUT2D eigenvalue weighted by atomic mass is 10.3. The Bertz CT molecular complexity index is 648. The van der Waals surface area contributed by atoms with Crippen molar-refractivity contribution in [1.82, 2.24) is 20.2 Å². The molecule has 0 aliphatic carbocycles. The Labute approximate surface area is 123 Å². The largest absolute Gasteiger partial charge is 0.355 e. The standard InChI is InChI=1S/C15H20N4O2/c1-3-8-16-14(20)9-17-15(21)10-19-11(2)18-12-6-4-5-7-13(12)19/h4-7H,3,8-10H2,1-2H3,(H,16,20)(H,17,21). The first kappa shape index (κ1) is 15.0. The van der Waals surface area contributed by atoms with Gasteiger partial charge in [-0.2, -0.15) is 0 Å². The molecule has 2 N–H and O–H groups in total. The van der Waals surface area contributed by atoms with Crippen LogP contribution >= 0.6 is 0 Å². The fourth-order valence-electron chi connectivity index (χ4n) is 2.10. The maximum absolute atomic E-state index is 11.9. The van der Waals surface area contributed by atoms with E-state index in [2.05, 4.69) is 15.6 Å². The van der Waals surface area contributed by atoms with Crippen LogP contribution in [0.3, 0.4) is 0 Å². The second-order valence-corrected chi connectivity index (χ2v) is 4.86. The van der Waals surface area contributed by atoms with Crippen molar-refractivity contribution in [1.29, 1.82) is 0 Å². The van der Waals surface area contributed by atoms with E-state index in [9.17, 15) is 9.59 Å². The first-order valence-electron chi connectivity index (χ1n) is 7.07. The molecule has 0 bridgehead atoms. The van der Waals surface area contributed by atoms with E-state index in [1.54, 1.807) is 0 Å². The Morgan fingerprint density at radius 1 is 1.19 bits per heavy atom. The Morgan fingerprint density at radius 3 is 2.71 bits per heavy atom. The van der Waals surface area contributed by atoms with Gasteiger partial charge in [0.25, 0.3) is 0 Å². The van der Waals surface area contributed by atoms with Crippen LogP contribution in [0.25, 0.3) is 11.0 Å². The lowest BCUT2D eigenvalue weighted by molar-refractivity contribution is -0.126. The van der Waals surface area contributed by atoms with Crippen molar-refractivity contribution in [3.63, 3.8) is 0 Å². The van der Waals surface area contributed by atoms with Crippen LogP contribution in [0.5, 0.6) is 0 Å². The van der Waals surface area contributed by atoms with Crippen LogP contribution in [0, 0.1) is 6.92 Å². The van der Waals surface area contributed by atoms with Crippen LogP contribution in [0.15, 0.2) is 24.3 Å². The third-order valence-electron chi connectivity index (χ3n) is 3.17. The third-order valence-corrected chi connectivity index (χ3v) is 3.17. The van der Waals surface area contributed by atoms with Crippen molar-refractivity contribution in [3.8, 4) is 0 Å².